The van der Waals surface area contributed by atoms with Crippen molar-refractivity contribution < 1.29 is 9.53 Å². The van der Waals surface area contributed by atoms with E-state index < -0.39 is 0 Å². The molecule has 0 spiro atoms. The van der Waals surface area contributed by atoms with E-state index in [4.69, 9.17) is 4.74 Å². The van der Waals surface area contributed by atoms with Gasteiger partial charge in [-0.25, -0.2) is 4.98 Å². The molecule has 21 heavy (non-hydrogen) atoms. The summed E-state index contributed by atoms with van der Waals surface area (Å²) in [5.41, 5.74) is 4.65. The predicted molar refractivity (Wildman–Crippen MR) is 81.7 cm³/mol. The highest BCUT2D eigenvalue weighted by atomic mass is 16.5. The maximum absolute atomic E-state index is 10.8. The molecular formula is C17H16N2O2. The Morgan fingerprint density at radius 3 is 2.90 bits per heavy atom. The van der Waals surface area contributed by atoms with Crippen LogP contribution in [0, 0.1) is 13.8 Å². The molecular weight excluding hydrogens is 264 g/mol. The molecule has 1 heterocycles. The number of fused-ring (bicyclic) bond motifs is 1. The number of aromatic amines is 1. The summed E-state index contributed by atoms with van der Waals surface area (Å²) in [6.07, 6.45) is 0.826. The molecule has 0 aliphatic rings. The quantitative estimate of drug-likeness (QED) is 0.743. The normalized spacial score (nSPS) is 10.8. The molecule has 0 saturated carbocycles. The average molecular weight is 280 g/mol. The van der Waals surface area contributed by atoms with Crippen molar-refractivity contribution in [2.24, 2.45) is 0 Å². The number of aldehydes is 1. The Hall–Kier alpha value is -2.62. The molecule has 0 unspecified atom stereocenters. The van der Waals surface area contributed by atoms with Crippen LogP contribution >= 0.6 is 0 Å². The lowest BCUT2D eigenvalue weighted by atomic mass is 10.1. The van der Waals surface area contributed by atoms with Crippen LogP contribution in [0.25, 0.3) is 11.0 Å². The maximum Gasteiger partial charge on any atom is 0.150 e. The van der Waals surface area contributed by atoms with Crippen molar-refractivity contribution in [3.05, 3.63) is 58.9 Å². The Balaban J connectivity index is 1.82. The first-order valence-electron chi connectivity index (χ1n) is 6.80. The highest BCUT2D eigenvalue weighted by Crippen LogP contribution is 2.22. The van der Waals surface area contributed by atoms with Gasteiger partial charge in [0.25, 0.3) is 0 Å². The molecule has 2 aromatic carbocycles. The number of nitrogens with one attached hydrogen (secondary N) is 1. The van der Waals surface area contributed by atoms with E-state index in [1.54, 1.807) is 12.1 Å². The first kappa shape index (κ1) is 13.4. The predicted octanol–water partition coefficient (Wildman–Crippen LogP) is 3.57. The zero-order chi connectivity index (χ0) is 14.8. The van der Waals surface area contributed by atoms with Crippen molar-refractivity contribution in [1.82, 2.24) is 9.97 Å². The van der Waals surface area contributed by atoms with Gasteiger partial charge in [-0.2, -0.15) is 0 Å². The van der Waals surface area contributed by atoms with Crippen LogP contribution in [0.5, 0.6) is 5.75 Å². The van der Waals surface area contributed by atoms with Gasteiger partial charge >= 0.3 is 0 Å². The standard InChI is InChI=1S/C17H16N2O2/c1-11-4-3-5-16(12(11)2)21-10-17-18-14-7-6-13(9-20)8-15(14)19-17/h3-9H,10H2,1-2H3,(H,18,19). The molecule has 0 aliphatic carbocycles. The summed E-state index contributed by atoms with van der Waals surface area (Å²) in [5, 5.41) is 0. The zero-order valence-electron chi connectivity index (χ0n) is 12.0. The minimum atomic E-state index is 0.370. The molecule has 0 bridgehead atoms. The molecule has 1 N–H and O–H groups in total. The third-order valence-electron chi connectivity index (χ3n) is 3.61. The second-order valence-corrected chi connectivity index (χ2v) is 5.06. The lowest BCUT2D eigenvalue weighted by molar-refractivity contribution is 0.112. The summed E-state index contributed by atoms with van der Waals surface area (Å²) >= 11 is 0. The summed E-state index contributed by atoms with van der Waals surface area (Å²) in [7, 11) is 0. The molecule has 4 nitrogen and oxygen atoms in total. The lowest BCUT2D eigenvalue weighted by Crippen LogP contribution is -1.99. The van der Waals surface area contributed by atoms with Crippen molar-refractivity contribution in [3.63, 3.8) is 0 Å². The summed E-state index contributed by atoms with van der Waals surface area (Å²) in [6, 6.07) is 11.4. The monoisotopic (exact) mass is 280 g/mol. The fourth-order valence-electron chi connectivity index (χ4n) is 2.25. The Morgan fingerprint density at radius 1 is 1.24 bits per heavy atom. The number of rotatable bonds is 4. The fraction of sp³-hybridized carbons (Fsp3) is 0.176. The Morgan fingerprint density at radius 2 is 2.10 bits per heavy atom. The number of hydrogen-bond donors (Lipinski definition) is 1. The van der Waals surface area contributed by atoms with E-state index in [0.717, 1.165) is 34.5 Å². The maximum atomic E-state index is 10.8. The van der Waals surface area contributed by atoms with E-state index >= 15 is 0 Å². The van der Waals surface area contributed by atoms with Crippen LogP contribution in [0.3, 0.4) is 0 Å². The van der Waals surface area contributed by atoms with Crippen molar-refractivity contribution >= 4 is 17.3 Å². The van der Waals surface area contributed by atoms with Crippen molar-refractivity contribution in [3.8, 4) is 5.75 Å². The first-order valence-corrected chi connectivity index (χ1v) is 6.80. The van der Waals surface area contributed by atoms with Gasteiger partial charge in [0.1, 0.15) is 24.5 Å². The number of ether oxygens (including phenoxy) is 1. The summed E-state index contributed by atoms with van der Waals surface area (Å²) in [4.78, 5) is 18.4. The van der Waals surface area contributed by atoms with Crippen LogP contribution in [-0.4, -0.2) is 16.3 Å². The SMILES string of the molecule is Cc1cccc(OCc2nc3ccc(C=O)cc3[nH]2)c1C. The van der Waals surface area contributed by atoms with Gasteiger partial charge in [-0.05, 0) is 49.2 Å². The lowest BCUT2D eigenvalue weighted by Gasteiger charge is -2.09. The summed E-state index contributed by atoms with van der Waals surface area (Å²) in [6.45, 7) is 4.47. The number of H-pyrrole nitrogens is 1. The molecule has 0 fully saturated rings. The number of nitrogens with zero attached hydrogens (tertiary/aromatic N) is 1. The van der Waals surface area contributed by atoms with Crippen LogP contribution in [0.15, 0.2) is 36.4 Å². The Labute approximate surface area is 122 Å². The fourth-order valence-corrected chi connectivity index (χ4v) is 2.25. The van der Waals surface area contributed by atoms with Crippen LogP contribution in [0.2, 0.25) is 0 Å². The van der Waals surface area contributed by atoms with E-state index in [-0.39, 0.29) is 0 Å². The van der Waals surface area contributed by atoms with Gasteiger partial charge in [-0.15, -0.1) is 0 Å². The number of carbonyl (C=O) groups excluding carboxylic acids is 1. The smallest absolute Gasteiger partial charge is 0.150 e. The van der Waals surface area contributed by atoms with Crippen molar-refractivity contribution in [1.29, 1.82) is 0 Å². The van der Waals surface area contributed by atoms with Crippen LogP contribution < -0.4 is 4.74 Å². The van der Waals surface area contributed by atoms with Crippen molar-refractivity contribution in [2.75, 3.05) is 0 Å². The zero-order valence-corrected chi connectivity index (χ0v) is 12.0. The molecule has 3 aromatic rings. The van der Waals surface area contributed by atoms with E-state index in [1.807, 2.05) is 25.1 Å². The Bertz CT molecular complexity index is 806. The van der Waals surface area contributed by atoms with Crippen molar-refractivity contribution in [2.45, 2.75) is 20.5 Å². The van der Waals surface area contributed by atoms with Gasteiger partial charge in [0.2, 0.25) is 0 Å². The average Bonchev–Trinajstić information content (AvgIpc) is 2.90. The molecule has 4 heteroatoms. The van der Waals surface area contributed by atoms with Gasteiger partial charge in [0, 0.05) is 5.56 Å². The van der Waals surface area contributed by atoms with Gasteiger partial charge < -0.3 is 9.72 Å². The molecule has 1 aromatic heterocycles. The number of hydrogen-bond acceptors (Lipinski definition) is 3. The number of imidazole rings is 1. The topological polar surface area (TPSA) is 55.0 Å². The highest BCUT2D eigenvalue weighted by Gasteiger charge is 2.06. The van der Waals surface area contributed by atoms with E-state index in [1.165, 1.54) is 5.56 Å². The van der Waals surface area contributed by atoms with Gasteiger partial charge in [0.15, 0.2) is 0 Å². The number of carbonyl (C=O) groups is 1. The summed E-state index contributed by atoms with van der Waals surface area (Å²) in [5.74, 6) is 1.61. The molecule has 3 rings (SSSR count). The van der Waals surface area contributed by atoms with E-state index in [2.05, 4.69) is 23.0 Å². The molecule has 0 amide bonds. The molecule has 0 saturated heterocycles. The van der Waals surface area contributed by atoms with E-state index in [9.17, 15) is 4.79 Å². The number of aryl methyl sites for hydroxylation is 1. The molecule has 106 valence electrons. The van der Waals surface area contributed by atoms with Crippen LogP contribution in [-0.2, 0) is 6.61 Å². The van der Waals surface area contributed by atoms with Gasteiger partial charge in [-0.1, -0.05) is 12.1 Å². The minimum absolute atomic E-state index is 0.370. The Kier molecular flexibility index (Phi) is 3.44. The number of aromatic nitrogens is 2. The van der Waals surface area contributed by atoms with Crippen LogP contribution in [0.1, 0.15) is 27.3 Å². The third-order valence-corrected chi connectivity index (χ3v) is 3.61. The largest absolute Gasteiger partial charge is 0.485 e. The summed E-state index contributed by atoms with van der Waals surface area (Å²) < 4.78 is 5.83. The molecule has 0 atom stereocenters. The van der Waals surface area contributed by atoms with Crippen LogP contribution in [0.4, 0.5) is 0 Å². The number of benzene rings is 2. The van der Waals surface area contributed by atoms with E-state index in [0.29, 0.717) is 12.2 Å². The van der Waals surface area contributed by atoms with Gasteiger partial charge in [-0.3, -0.25) is 4.79 Å². The van der Waals surface area contributed by atoms with Gasteiger partial charge in [0.05, 0.1) is 11.0 Å². The first-order chi connectivity index (χ1) is 10.2. The second kappa shape index (κ2) is 5.40. The highest BCUT2D eigenvalue weighted by molar-refractivity contribution is 5.84. The minimum Gasteiger partial charge on any atom is -0.485 e. The molecule has 0 aliphatic heterocycles. The molecule has 0 radical (unpaired) electrons. The third kappa shape index (κ3) is 2.65. The second-order valence-electron chi connectivity index (χ2n) is 5.06.